The molecule has 67 heavy (non-hydrogen) atoms. The van der Waals surface area contributed by atoms with Gasteiger partial charge in [0.25, 0.3) is 0 Å². The molecule has 8 rings (SSSR count). The average molecular weight is 919 g/mol. The minimum Gasteiger partial charge on any atom is -0.445 e. The molecule has 2 saturated heterocycles. The summed E-state index contributed by atoms with van der Waals surface area (Å²) in [6.07, 6.45) is -4.53. The fourth-order valence-corrected chi connectivity index (χ4v) is 9.40. The molecule has 1 spiro atoms. The van der Waals surface area contributed by atoms with Crippen LogP contribution < -0.4 is 10.6 Å². The van der Waals surface area contributed by atoms with Crippen LogP contribution in [0.15, 0.2) is 126 Å². The predicted molar refractivity (Wildman–Crippen MR) is 242 cm³/mol. The summed E-state index contributed by atoms with van der Waals surface area (Å²) in [4.78, 5) is 46.0. The summed E-state index contributed by atoms with van der Waals surface area (Å²) in [5.74, 6) is -1.07. The Bertz CT molecular complexity index is 2270. The van der Waals surface area contributed by atoms with Crippen LogP contribution in [0.2, 0.25) is 0 Å². The SMILES string of the molecule is C[C@H]([C@@H]1CC[C@@H](N=[N+]=[N-])[C@@H](O[C@@H]2[C@@H](NC(=O)OCc3ccccc3)[C@H](O)[C@@H](NC(=O)OCc3ccccc3)[C@@H]3OC4(CCCCC4)O[C@@H]23)O1)N(Cc1ccccc1)C(=O)OCc1ccccc1. The molecular formula is C50H58N6O11. The number of aliphatic hydroxyl groups is 1. The third-order valence-corrected chi connectivity index (χ3v) is 12.9. The molecule has 3 amide bonds. The van der Waals surface area contributed by atoms with Gasteiger partial charge >= 0.3 is 18.3 Å². The Morgan fingerprint density at radius 1 is 0.731 bits per heavy atom. The Balaban J connectivity index is 1.08. The molecule has 2 heterocycles. The second-order valence-electron chi connectivity index (χ2n) is 17.5. The van der Waals surface area contributed by atoms with Crippen molar-refractivity contribution in [2.45, 2.75) is 145 Å². The molecule has 0 aromatic heterocycles. The van der Waals surface area contributed by atoms with E-state index in [1.807, 2.05) is 128 Å². The lowest BCUT2D eigenvalue weighted by Gasteiger charge is -2.48. The quantitative estimate of drug-likeness (QED) is 0.0448. The summed E-state index contributed by atoms with van der Waals surface area (Å²) in [6, 6.07) is 33.3. The van der Waals surface area contributed by atoms with Crippen molar-refractivity contribution in [2.75, 3.05) is 0 Å². The van der Waals surface area contributed by atoms with E-state index in [1.165, 1.54) is 0 Å². The number of alkyl carbamates (subject to hydrolysis) is 2. The molecule has 4 aromatic carbocycles. The van der Waals surface area contributed by atoms with Crippen LogP contribution in [-0.2, 0) is 59.5 Å². The molecule has 4 fully saturated rings. The lowest BCUT2D eigenvalue weighted by Crippen LogP contribution is -2.72. The highest BCUT2D eigenvalue weighted by molar-refractivity contribution is 5.69. The van der Waals surface area contributed by atoms with Gasteiger partial charge in [-0.2, -0.15) is 0 Å². The molecule has 10 atom stereocenters. The third kappa shape index (κ3) is 12.0. The van der Waals surface area contributed by atoms with Gasteiger partial charge in [0.05, 0.1) is 36.4 Å². The highest BCUT2D eigenvalue weighted by Crippen LogP contribution is 2.46. The van der Waals surface area contributed by atoms with E-state index in [0.717, 1.165) is 41.5 Å². The maximum absolute atomic E-state index is 14.0. The van der Waals surface area contributed by atoms with E-state index in [9.17, 15) is 25.0 Å². The Hall–Kier alpha value is -6.20. The number of hydrogen-bond acceptors (Lipinski definition) is 12. The van der Waals surface area contributed by atoms with E-state index < -0.39 is 85.0 Å². The number of carbonyl (C=O) groups is 3. The summed E-state index contributed by atoms with van der Waals surface area (Å²) >= 11 is 0. The monoisotopic (exact) mass is 918 g/mol. The van der Waals surface area contributed by atoms with Gasteiger partial charge < -0.3 is 48.9 Å². The first kappa shape index (κ1) is 47.3. The molecule has 0 radical (unpaired) electrons. The zero-order valence-corrected chi connectivity index (χ0v) is 37.4. The minimum absolute atomic E-state index is 0.0307. The maximum atomic E-state index is 14.0. The second-order valence-corrected chi connectivity index (χ2v) is 17.5. The van der Waals surface area contributed by atoms with Crippen molar-refractivity contribution in [3.8, 4) is 0 Å². The molecular weight excluding hydrogens is 861 g/mol. The van der Waals surface area contributed by atoms with E-state index in [1.54, 1.807) is 4.90 Å². The van der Waals surface area contributed by atoms with Crippen LogP contribution in [-0.4, -0.2) is 95.1 Å². The zero-order chi connectivity index (χ0) is 46.6. The number of fused-ring (bicyclic) bond motifs is 1. The summed E-state index contributed by atoms with van der Waals surface area (Å²) in [5, 5.41) is 22.1. The van der Waals surface area contributed by atoms with E-state index in [-0.39, 0.29) is 26.4 Å². The van der Waals surface area contributed by atoms with E-state index in [0.29, 0.717) is 25.7 Å². The Morgan fingerprint density at radius 2 is 1.24 bits per heavy atom. The lowest BCUT2D eigenvalue weighted by molar-refractivity contribution is -0.265. The number of ether oxygens (including phenoxy) is 7. The summed E-state index contributed by atoms with van der Waals surface area (Å²) in [5.41, 5.74) is 13.0. The number of benzene rings is 4. The largest absolute Gasteiger partial charge is 0.445 e. The number of azide groups is 1. The first-order valence-electron chi connectivity index (χ1n) is 23.0. The Labute approximate surface area is 389 Å². The van der Waals surface area contributed by atoms with E-state index in [2.05, 4.69) is 20.7 Å². The van der Waals surface area contributed by atoms with Gasteiger partial charge in [-0.3, -0.25) is 4.90 Å². The highest BCUT2D eigenvalue weighted by Gasteiger charge is 2.62. The fraction of sp³-hybridized carbons (Fsp3) is 0.460. The lowest BCUT2D eigenvalue weighted by atomic mass is 9.81. The Kier molecular flexibility index (Phi) is 15.9. The normalized spacial score (nSPS) is 26.7. The third-order valence-electron chi connectivity index (χ3n) is 12.9. The fourth-order valence-electron chi connectivity index (χ4n) is 9.40. The summed E-state index contributed by atoms with van der Waals surface area (Å²) in [6.45, 7) is 2.04. The van der Waals surface area contributed by atoms with E-state index >= 15 is 0 Å². The molecule has 17 nitrogen and oxygen atoms in total. The van der Waals surface area contributed by atoms with Crippen LogP contribution in [0.25, 0.3) is 10.4 Å². The van der Waals surface area contributed by atoms with Crippen molar-refractivity contribution in [1.82, 2.24) is 15.5 Å². The standard InChI is InChI=1S/C50H58N6O11/c1-33(56(29-34-17-7-2-8-18-34)49(60)63-32-37-23-13-5-14-24-37)39-26-25-38(54-55-51)46(64-39)65-43-40(52-47(58)61-30-35-19-9-3-10-20-35)42(57)41(53-48(59)62-31-36-21-11-4-12-22-36)44-45(43)67-50(66-44)27-15-6-16-28-50/h2-5,7-14,17-24,33,38-46,57H,6,15-16,25-32H2,1H3,(H,52,58)(H,53,59)/t33-,38-,39+,40+,41-,42+,43-,44+,45+,46-/m1/s1. The number of rotatable bonds is 15. The molecule has 4 aromatic rings. The number of aliphatic hydroxyl groups excluding tert-OH is 1. The van der Waals surface area contributed by atoms with E-state index in [4.69, 9.17) is 33.2 Å². The van der Waals surface area contributed by atoms with Gasteiger partial charge in [-0.15, -0.1) is 0 Å². The van der Waals surface area contributed by atoms with Gasteiger partial charge in [0.15, 0.2) is 12.1 Å². The van der Waals surface area contributed by atoms with Gasteiger partial charge in [-0.1, -0.05) is 133 Å². The summed E-state index contributed by atoms with van der Waals surface area (Å²) in [7, 11) is 0. The second kappa shape index (κ2) is 22.5. The van der Waals surface area contributed by atoms with Gasteiger partial charge in [0.2, 0.25) is 0 Å². The smallest absolute Gasteiger partial charge is 0.410 e. The van der Waals surface area contributed by atoms with Gasteiger partial charge in [0, 0.05) is 24.3 Å². The molecule has 2 aliphatic carbocycles. The van der Waals surface area contributed by atoms with Crippen molar-refractivity contribution < 1.29 is 52.6 Å². The first-order chi connectivity index (χ1) is 32.7. The molecule has 17 heteroatoms. The van der Waals surface area contributed by atoms with Crippen molar-refractivity contribution in [3.63, 3.8) is 0 Å². The van der Waals surface area contributed by atoms with Crippen molar-refractivity contribution >= 4 is 18.3 Å². The topological polar surface area (TPSA) is 212 Å². The molecule has 0 unspecified atom stereocenters. The molecule has 3 N–H and O–H groups in total. The number of carbonyl (C=O) groups excluding carboxylic acids is 3. The van der Waals surface area contributed by atoms with Crippen molar-refractivity contribution in [3.05, 3.63) is 154 Å². The molecule has 0 bridgehead atoms. The number of nitrogens with zero attached hydrogens (tertiary/aromatic N) is 4. The predicted octanol–water partition coefficient (Wildman–Crippen LogP) is 8.19. The maximum Gasteiger partial charge on any atom is 0.410 e. The minimum atomic E-state index is -1.56. The van der Waals surface area contributed by atoms with Crippen LogP contribution >= 0.6 is 0 Å². The van der Waals surface area contributed by atoms with Gasteiger partial charge in [-0.05, 0) is 60.4 Å². The number of nitrogens with one attached hydrogen (secondary N) is 2. The number of hydrogen-bond donors (Lipinski definition) is 3. The van der Waals surface area contributed by atoms with Crippen LogP contribution in [0.3, 0.4) is 0 Å². The number of amides is 3. The molecule has 354 valence electrons. The van der Waals surface area contributed by atoms with Crippen molar-refractivity contribution in [2.24, 2.45) is 5.11 Å². The van der Waals surface area contributed by atoms with Crippen molar-refractivity contribution in [1.29, 1.82) is 0 Å². The van der Waals surface area contributed by atoms with Gasteiger partial charge in [0.1, 0.15) is 38.1 Å². The summed E-state index contributed by atoms with van der Waals surface area (Å²) < 4.78 is 44.4. The molecule has 2 aliphatic heterocycles. The van der Waals surface area contributed by atoms with Crippen LogP contribution in [0.5, 0.6) is 0 Å². The average Bonchev–Trinajstić information content (AvgIpc) is 3.73. The van der Waals surface area contributed by atoms with Crippen LogP contribution in [0.1, 0.15) is 74.1 Å². The Morgan fingerprint density at radius 3 is 1.79 bits per heavy atom. The zero-order valence-electron chi connectivity index (χ0n) is 37.4. The highest BCUT2D eigenvalue weighted by atomic mass is 16.8. The first-order valence-corrected chi connectivity index (χ1v) is 23.0. The van der Waals surface area contributed by atoms with Gasteiger partial charge in [-0.25, -0.2) is 14.4 Å². The molecule has 4 aliphatic rings. The molecule has 2 saturated carbocycles. The van der Waals surface area contributed by atoms with Crippen LogP contribution in [0.4, 0.5) is 14.4 Å². The van der Waals surface area contributed by atoms with Crippen LogP contribution in [0, 0.1) is 0 Å².